The number of likely N-dealkylation sites (N-methyl/N-ethyl adjacent to an activating group) is 1. The third kappa shape index (κ3) is 2.31. The number of carbonyl (C=O) groups excluding carboxylic acids is 1. The summed E-state index contributed by atoms with van der Waals surface area (Å²) in [7, 11) is 2.07. The standard InChI is InChI=1S/C17H20N2O3/c1-11-4-5-13-15(19-8-6-18(3)7-9-19)14(10-20)17(21)22-16(13)12(11)2/h4-5,10H,6-9H2,1-3H3. The molecule has 1 fully saturated rings. The summed E-state index contributed by atoms with van der Waals surface area (Å²) in [6, 6.07) is 3.95. The number of aldehydes is 1. The maximum atomic E-state index is 12.2. The van der Waals surface area contributed by atoms with Crippen molar-refractivity contribution in [2.75, 3.05) is 38.1 Å². The van der Waals surface area contributed by atoms with Crippen molar-refractivity contribution in [2.24, 2.45) is 0 Å². The molecule has 0 atom stereocenters. The summed E-state index contributed by atoms with van der Waals surface area (Å²) in [4.78, 5) is 28.0. The number of nitrogens with zero attached hydrogens (tertiary/aromatic N) is 2. The predicted molar refractivity (Wildman–Crippen MR) is 87.1 cm³/mol. The van der Waals surface area contributed by atoms with E-state index in [2.05, 4.69) is 16.8 Å². The molecule has 0 unspecified atom stereocenters. The fraction of sp³-hybridized carbons (Fsp3) is 0.412. The highest BCUT2D eigenvalue weighted by Gasteiger charge is 2.23. The first kappa shape index (κ1) is 14.8. The lowest BCUT2D eigenvalue weighted by molar-refractivity contribution is 0.112. The number of benzene rings is 1. The van der Waals surface area contributed by atoms with Crippen molar-refractivity contribution >= 4 is 22.9 Å². The van der Waals surface area contributed by atoms with Crippen molar-refractivity contribution in [2.45, 2.75) is 13.8 Å². The van der Waals surface area contributed by atoms with Gasteiger partial charge in [0.15, 0.2) is 6.29 Å². The van der Waals surface area contributed by atoms with Crippen molar-refractivity contribution in [3.63, 3.8) is 0 Å². The Hall–Kier alpha value is -2.14. The van der Waals surface area contributed by atoms with Crippen molar-refractivity contribution in [1.29, 1.82) is 0 Å². The van der Waals surface area contributed by atoms with Crippen LogP contribution in [0.25, 0.3) is 11.0 Å². The summed E-state index contributed by atoms with van der Waals surface area (Å²) < 4.78 is 5.42. The molecule has 1 aliphatic heterocycles. The molecule has 0 spiro atoms. The highest BCUT2D eigenvalue weighted by molar-refractivity contribution is 6.00. The second-order valence-corrected chi connectivity index (χ2v) is 5.94. The van der Waals surface area contributed by atoms with E-state index in [1.54, 1.807) is 0 Å². The lowest BCUT2D eigenvalue weighted by Crippen LogP contribution is -2.45. The number of carbonyl (C=O) groups is 1. The van der Waals surface area contributed by atoms with E-state index >= 15 is 0 Å². The molecule has 5 nitrogen and oxygen atoms in total. The van der Waals surface area contributed by atoms with Gasteiger partial charge in [0.05, 0.1) is 5.69 Å². The molecule has 1 aliphatic rings. The fourth-order valence-electron chi connectivity index (χ4n) is 2.97. The molecule has 3 rings (SSSR count). The van der Waals surface area contributed by atoms with Crippen molar-refractivity contribution < 1.29 is 9.21 Å². The van der Waals surface area contributed by atoms with Crippen LogP contribution in [0.5, 0.6) is 0 Å². The van der Waals surface area contributed by atoms with Gasteiger partial charge in [0.1, 0.15) is 11.1 Å². The molecule has 0 aliphatic carbocycles. The number of fused-ring (bicyclic) bond motifs is 1. The molecule has 1 saturated heterocycles. The van der Waals surface area contributed by atoms with Gasteiger partial charge in [-0.1, -0.05) is 6.07 Å². The third-order valence-corrected chi connectivity index (χ3v) is 4.54. The zero-order valence-corrected chi connectivity index (χ0v) is 13.2. The maximum absolute atomic E-state index is 12.2. The van der Waals surface area contributed by atoms with E-state index in [0.29, 0.717) is 11.9 Å². The second kappa shape index (κ2) is 5.57. The second-order valence-electron chi connectivity index (χ2n) is 5.94. The summed E-state index contributed by atoms with van der Waals surface area (Å²) in [5, 5.41) is 0.842. The van der Waals surface area contributed by atoms with Gasteiger partial charge in [-0.2, -0.15) is 0 Å². The lowest BCUT2D eigenvalue weighted by atomic mass is 10.0. The number of hydrogen-bond donors (Lipinski definition) is 0. The average molecular weight is 300 g/mol. The van der Waals surface area contributed by atoms with E-state index in [0.717, 1.165) is 48.4 Å². The van der Waals surface area contributed by atoms with E-state index in [9.17, 15) is 9.59 Å². The molecule has 22 heavy (non-hydrogen) atoms. The molecule has 5 heteroatoms. The van der Waals surface area contributed by atoms with Gasteiger partial charge in [-0.25, -0.2) is 4.79 Å². The van der Waals surface area contributed by atoms with Gasteiger partial charge >= 0.3 is 5.63 Å². The van der Waals surface area contributed by atoms with Crippen LogP contribution in [0.2, 0.25) is 0 Å². The molecule has 116 valence electrons. The van der Waals surface area contributed by atoms with Crippen LogP contribution in [0.15, 0.2) is 21.3 Å². The van der Waals surface area contributed by atoms with Gasteiger partial charge in [0.2, 0.25) is 0 Å². The molecular weight excluding hydrogens is 280 g/mol. The Morgan fingerprint density at radius 3 is 2.45 bits per heavy atom. The SMILES string of the molecule is Cc1ccc2c(N3CCN(C)CC3)c(C=O)c(=O)oc2c1C. The van der Waals surface area contributed by atoms with Crippen LogP contribution in [-0.4, -0.2) is 44.4 Å². The summed E-state index contributed by atoms with van der Waals surface area (Å²) in [6.45, 7) is 7.33. The Labute approximate surface area is 129 Å². The lowest BCUT2D eigenvalue weighted by Gasteiger charge is -2.35. The van der Waals surface area contributed by atoms with E-state index < -0.39 is 5.63 Å². The first-order chi connectivity index (χ1) is 10.5. The molecule has 0 radical (unpaired) electrons. The van der Waals surface area contributed by atoms with E-state index in [1.807, 2.05) is 26.0 Å². The first-order valence-corrected chi connectivity index (χ1v) is 7.48. The Morgan fingerprint density at radius 2 is 1.82 bits per heavy atom. The highest BCUT2D eigenvalue weighted by Crippen LogP contribution is 2.31. The summed E-state index contributed by atoms with van der Waals surface area (Å²) in [6.07, 6.45) is 0.619. The molecule has 0 bridgehead atoms. The van der Waals surface area contributed by atoms with Crippen LogP contribution in [0.4, 0.5) is 5.69 Å². The largest absolute Gasteiger partial charge is 0.422 e. The summed E-state index contributed by atoms with van der Waals surface area (Å²) >= 11 is 0. The number of aryl methyl sites for hydroxylation is 2. The summed E-state index contributed by atoms with van der Waals surface area (Å²) in [5.74, 6) is 0. The molecule has 0 amide bonds. The predicted octanol–water partition coefficient (Wildman–Crippen LogP) is 1.97. The number of anilines is 1. The molecule has 1 aromatic carbocycles. The van der Waals surface area contributed by atoms with Crippen LogP contribution in [0, 0.1) is 13.8 Å². The Morgan fingerprint density at radius 1 is 1.14 bits per heavy atom. The van der Waals surface area contributed by atoms with E-state index in [4.69, 9.17) is 4.42 Å². The topological polar surface area (TPSA) is 53.8 Å². The van der Waals surface area contributed by atoms with Gasteiger partial charge < -0.3 is 14.2 Å². The Kier molecular flexibility index (Phi) is 3.74. The van der Waals surface area contributed by atoms with Gasteiger partial charge in [0, 0.05) is 31.6 Å². The van der Waals surface area contributed by atoms with Gasteiger partial charge in [-0.15, -0.1) is 0 Å². The van der Waals surface area contributed by atoms with E-state index in [1.165, 1.54) is 0 Å². The minimum atomic E-state index is -0.551. The smallest absolute Gasteiger partial charge is 0.349 e. The van der Waals surface area contributed by atoms with E-state index in [-0.39, 0.29) is 5.56 Å². The molecule has 2 aromatic rings. The zero-order chi connectivity index (χ0) is 15.9. The fourth-order valence-corrected chi connectivity index (χ4v) is 2.97. The van der Waals surface area contributed by atoms with Crippen LogP contribution < -0.4 is 10.5 Å². The molecule has 0 N–H and O–H groups in total. The number of hydrogen-bond acceptors (Lipinski definition) is 5. The van der Waals surface area contributed by atoms with Crippen LogP contribution >= 0.6 is 0 Å². The Bertz CT molecular complexity index is 787. The minimum absolute atomic E-state index is 0.125. The number of rotatable bonds is 2. The molecule has 2 heterocycles. The Balaban J connectivity index is 2.28. The first-order valence-electron chi connectivity index (χ1n) is 7.48. The summed E-state index contributed by atoms with van der Waals surface area (Å²) in [5.41, 5.74) is 2.90. The average Bonchev–Trinajstić information content (AvgIpc) is 2.51. The van der Waals surface area contributed by atoms with Crippen molar-refractivity contribution in [3.05, 3.63) is 39.2 Å². The van der Waals surface area contributed by atoms with Crippen LogP contribution in [0.3, 0.4) is 0 Å². The van der Waals surface area contributed by atoms with Crippen molar-refractivity contribution in [1.82, 2.24) is 4.90 Å². The van der Waals surface area contributed by atoms with Crippen molar-refractivity contribution in [3.8, 4) is 0 Å². The molecule has 0 saturated carbocycles. The van der Waals surface area contributed by atoms with Gasteiger partial charge in [-0.3, -0.25) is 4.79 Å². The normalized spacial score (nSPS) is 16.2. The molecule has 1 aromatic heterocycles. The zero-order valence-electron chi connectivity index (χ0n) is 13.2. The number of piperazine rings is 1. The monoisotopic (exact) mass is 300 g/mol. The maximum Gasteiger partial charge on any atom is 0.349 e. The third-order valence-electron chi connectivity index (χ3n) is 4.54. The minimum Gasteiger partial charge on any atom is -0.422 e. The van der Waals surface area contributed by atoms with Gasteiger partial charge in [-0.05, 0) is 38.1 Å². The molecular formula is C17H20N2O3. The highest BCUT2D eigenvalue weighted by atomic mass is 16.4. The van der Waals surface area contributed by atoms with Gasteiger partial charge in [0.25, 0.3) is 0 Å². The van der Waals surface area contributed by atoms with Crippen LogP contribution in [-0.2, 0) is 0 Å². The quantitative estimate of drug-likeness (QED) is 0.627. The van der Waals surface area contributed by atoms with Crippen LogP contribution in [0.1, 0.15) is 21.5 Å².